The van der Waals surface area contributed by atoms with Crippen molar-refractivity contribution in [3.63, 3.8) is 0 Å². The van der Waals surface area contributed by atoms with Gasteiger partial charge in [-0.15, -0.1) is 0 Å². The highest BCUT2D eigenvalue weighted by molar-refractivity contribution is 7.07. The van der Waals surface area contributed by atoms with Crippen LogP contribution in [0.15, 0.2) is 41.1 Å². The molecule has 1 amide bonds. The number of nitrogens with one attached hydrogen (secondary N) is 2. The van der Waals surface area contributed by atoms with Crippen molar-refractivity contribution in [2.24, 2.45) is 0 Å². The zero-order valence-corrected chi connectivity index (χ0v) is 14.2. The van der Waals surface area contributed by atoms with Crippen molar-refractivity contribution in [2.75, 3.05) is 10.6 Å². The van der Waals surface area contributed by atoms with E-state index in [9.17, 15) is 4.79 Å². The van der Waals surface area contributed by atoms with Crippen molar-refractivity contribution >= 4 is 28.8 Å². The van der Waals surface area contributed by atoms with Crippen molar-refractivity contribution in [3.05, 3.63) is 46.7 Å². The first-order valence-electron chi connectivity index (χ1n) is 7.22. The van der Waals surface area contributed by atoms with Gasteiger partial charge in [0.15, 0.2) is 0 Å². The first kappa shape index (κ1) is 16.4. The van der Waals surface area contributed by atoms with E-state index < -0.39 is 11.7 Å². The lowest BCUT2D eigenvalue weighted by molar-refractivity contribution is 0.0636. The molecule has 1 aromatic heterocycles. The van der Waals surface area contributed by atoms with E-state index in [1.54, 1.807) is 11.3 Å². The van der Waals surface area contributed by atoms with Gasteiger partial charge in [0.2, 0.25) is 0 Å². The summed E-state index contributed by atoms with van der Waals surface area (Å²) in [7, 11) is 0. The number of hydrogen-bond donors (Lipinski definition) is 2. The van der Waals surface area contributed by atoms with E-state index in [0.717, 1.165) is 5.69 Å². The molecule has 0 aliphatic carbocycles. The number of amides is 1. The molecule has 4 nitrogen and oxygen atoms in total. The van der Waals surface area contributed by atoms with Crippen LogP contribution in [0.1, 0.15) is 39.3 Å². The van der Waals surface area contributed by atoms with E-state index in [4.69, 9.17) is 4.74 Å². The van der Waals surface area contributed by atoms with E-state index in [-0.39, 0.29) is 6.04 Å². The van der Waals surface area contributed by atoms with E-state index in [1.807, 2.05) is 45.0 Å². The van der Waals surface area contributed by atoms with Crippen LogP contribution in [0.25, 0.3) is 0 Å². The molecule has 2 aromatic rings. The Bertz CT molecular complexity index is 618. The predicted molar refractivity (Wildman–Crippen MR) is 92.7 cm³/mol. The molecule has 0 aliphatic rings. The van der Waals surface area contributed by atoms with Gasteiger partial charge in [-0.25, -0.2) is 4.79 Å². The molecule has 0 saturated heterocycles. The number of rotatable bonds is 4. The van der Waals surface area contributed by atoms with Crippen LogP contribution in [0.3, 0.4) is 0 Å². The first-order chi connectivity index (χ1) is 10.3. The van der Waals surface area contributed by atoms with Crippen molar-refractivity contribution in [1.82, 2.24) is 0 Å². The van der Waals surface area contributed by atoms with Crippen LogP contribution in [0, 0.1) is 0 Å². The Hall–Kier alpha value is -2.01. The summed E-state index contributed by atoms with van der Waals surface area (Å²) in [5.74, 6) is 0. The van der Waals surface area contributed by atoms with Crippen molar-refractivity contribution in [2.45, 2.75) is 39.3 Å². The fourth-order valence-electron chi connectivity index (χ4n) is 1.96. The lowest BCUT2D eigenvalue weighted by Crippen LogP contribution is -2.27. The van der Waals surface area contributed by atoms with Gasteiger partial charge in [0.1, 0.15) is 5.60 Å². The molecule has 0 radical (unpaired) electrons. The number of carbonyl (C=O) groups is 1. The fraction of sp³-hybridized carbons (Fsp3) is 0.353. The maximum Gasteiger partial charge on any atom is 0.412 e. The van der Waals surface area contributed by atoms with Gasteiger partial charge in [0.05, 0.1) is 0 Å². The molecule has 0 saturated carbocycles. The molecular weight excluding hydrogens is 296 g/mol. The van der Waals surface area contributed by atoms with Crippen molar-refractivity contribution in [1.29, 1.82) is 0 Å². The average Bonchev–Trinajstić information content (AvgIpc) is 2.90. The average molecular weight is 318 g/mol. The summed E-state index contributed by atoms with van der Waals surface area (Å²) in [6.07, 6.45) is -0.449. The Morgan fingerprint density at radius 1 is 1.23 bits per heavy atom. The quantitative estimate of drug-likeness (QED) is 0.807. The predicted octanol–water partition coefficient (Wildman–Crippen LogP) is 5.27. The van der Waals surface area contributed by atoms with Crippen molar-refractivity contribution in [3.8, 4) is 0 Å². The molecule has 0 spiro atoms. The van der Waals surface area contributed by atoms with Gasteiger partial charge >= 0.3 is 6.09 Å². The second-order valence-corrected chi connectivity index (χ2v) is 6.91. The van der Waals surface area contributed by atoms with E-state index in [1.165, 1.54) is 5.56 Å². The minimum Gasteiger partial charge on any atom is -0.444 e. The molecule has 2 rings (SSSR count). The van der Waals surface area contributed by atoms with Gasteiger partial charge < -0.3 is 10.1 Å². The van der Waals surface area contributed by atoms with Gasteiger partial charge in [-0.3, -0.25) is 5.32 Å². The molecular formula is C17H22N2O2S. The van der Waals surface area contributed by atoms with Gasteiger partial charge in [-0.1, -0.05) is 6.07 Å². The molecule has 1 heterocycles. The number of hydrogen-bond acceptors (Lipinski definition) is 4. The highest BCUT2D eigenvalue weighted by Gasteiger charge is 2.16. The molecule has 1 unspecified atom stereocenters. The smallest absolute Gasteiger partial charge is 0.412 e. The first-order valence-corrected chi connectivity index (χ1v) is 8.16. The summed E-state index contributed by atoms with van der Waals surface area (Å²) in [6.45, 7) is 7.63. The Morgan fingerprint density at radius 2 is 1.95 bits per heavy atom. The summed E-state index contributed by atoms with van der Waals surface area (Å²) >= 11 is 1.68. The number of thiophene rings is 1. The molecule has 118 valence electrons. The van der Waals surface area contributed by atoms with Gasteiger partial charge in [0.25, 0.3) is 0 Å². The SMILES string of the molecule is CC(Nc1cccc(NC(=O)OC(C)(C)C)c1)c1ccsc1. The Balaban J connectivity index is 1.99. The van der Waals surface area contributed by atoms with E-state index in [0.29, 0.717) is 5.69 Å². The van der Waals surface area contributed by atoms with Crippen LogP contribution in [0.2, 0.25) is 0 Å². The standard InChI is InChI=1S/C17H22N2O2S/c1-12(13-8-9-22-11-13)18-14-6-5-7-15(10-14)19-16(20)21-17(2,3)4/h5-12,18H,1-4H3,(H,19,20). The van der Waals surface area contributed by atoms with Gasteiger partial charge in [-0.05, 0) is 68.3 Å². The number of carbonyl (C=O) groups excluding carboxylic acids is 1. The van der Waals surface area contributed by atoms with E-state index >= 15 is 0 Å². The van der Waals surface area contributed by atoms with Gasteiger partial charge in [0, 0.05) is 17.4 Å². The lowest BCUT2D eigenvalue weighted by Gasteiger charge is -2.20. The maximum absolute atomic E-state index is 11.8. The lowest BCUT2D eigenvalue weighted by atomic mass is 10.1. The van der Waals surface area contributed by atoms with Crippen LogP contribution >= 0.6 is 11.3 Å². The van der Waals surface area contributed by atoms with Crippen molar-refractivity contribution < 1.29 is 9.53 Å². The molecule has 1 aromatic carbocycles. The summed E-state index contributed by atoms with van der Waals surface area (Å²) in [5.41, 5.74) is 2.40. The third-order valence-corrected chi connectivity index (χ3v) is 3.64. The molecule has 0 bridgehead atoms. The number of anilines is 2. The Kier molecular flexibility index (Phi) is 5.08. The molecule has 1 atom stereocenters. The summed E-state index contributed by atoms with van der Waals surface area (Å²) in [6, 6.07) is 9.92. The second-order valence-electron chi connectivity index (χ2n) is 6.13. The zero-order chi connectivity index (χ0) is 16.2. The monoisotopic (exact) mass is 318 g/mol. The molecule has 2 N–H and O–H groups in total. The number of benzene rings is 1. The van der Waals surface area contributed by atoms with Gasteiger partial charge in [-0.2, -0.15) is 11.3 Å². The largest absolute Gasteiger partial charge is 0.444 e. The third-order valence-electron chi connectivity index (χ3n) is 2.93. The highest BCUT2D eigenvalue weighted by Crippen LogP contribution is 2.23. The molecule has 0 aliphatic heterocycles. The number of ether oxygens (including phenoxy) is 1. The third kappa shape index (κ3) is 5.07. The normalized spacial score (nSPS) is 12.5. The van der Waals surface area contributed by atoms with E-state index in [2.05, 4.69) is 34.4 Å². The summed E-state index contributed by atoms with van der Waals surface area (Å²) < 4.78 is 5.25. The van der Waals surface area contributed by atoms with Crippen LogP contribution in [-0.4, -0.2) is 11.7 Å². The zero-order valence-electron chi connectivity index (χ0n) is 13.3. The van der Waals surface area contributed by atoms with Crippen LogP contribution < -0.4 is 10.6 Å². The minimum atomic E-state index is -0.507. The summed E-state index contributed by atoms with van der Waals surface area (Å²) in [5, 5.41) is 10.4. The Labute approximate surface area is 135 Å². The molecule has 5 heteroatoms. The second kappa shape index (κ2) is 6.83. The fourth-order valence-corrected chi connectivity index (χ4v) is 2.72. The molecule has 22 heavy (non-hydrogen) atoms. The minimum absolute atomic E-state index is 0.211. The van der Waals surface area contributed by atoms with Crippen LogP contribution in [0.4, 0.5) is 16.2 Å². The van der Waals surface area contributed by atoms with Crippen LogP contribution in [0.5, 0.6) is 0 Å². The van der Waals surface area contributed by atoms with Crippen LogP contribution in [-0.2, 0) is 4.74 Å². The topological polar surface area (TPSA) is 50.4 Å². The summed E-state index contributed by atoms with van der Waals surface area (Å²) in [4.78, 5) is 11.8. The molecule has 0 fully saturated rings. The maximum atomic E-state index is 11.8. The Morgan fingerprint density at radius 3 is 2.59 bits per heavy atom. The highest BCUT2D eigenvalue weighted by atomic mass is 32.1.